The van der Waals surface area contributed by atoms with Crippen molar-refractivity contribution < 1.29 is 0 Å². The smallest absolute Gasteiger partial charge is 0.0316 e. The van der Waals surface area contributed by atoms with Crippen molar-refractivity contribution in [1.29, 1.82) is 0 Å². The first-order valence-corrected chi connectivity index (χ1v) is 6.93. The Labute approximate surface area is 111 Å². The summed E-state index contributed by atoms with van der Waals surface area (Å²) in [4.78, 5) is 2.57. The second-order valence-corrected chi connectivity index (χ2v) is 5.87. The summed E-state index contributed by atoms with van der Waals surface area (Å²) in [6, 6.07) is 6.37. The molecule has 0 spiro atoms. The SMILES string of the molecule is C[C](C)CN1CCC(c2ccc(N)cc2C)CC1. The lowest BCUT2D eigenvalue weighted by Crippen LogP contribution is -2.35. The third kappa shape index (κ3) is 3.26. The molecule has 18 heavy (non-hydrogen) atoms. The molecule has 1 fully saturated rings. The van der Waals surface area contributed by atoms with E-state index in [9.17, 15) is 0 Å². The lowest BCUT2D eigenvalue weighted by molar-refractivity contribution is 0.219. The van der Waals surface area contributed by atoms with E-state index >= 15 is 0 Å². The number of anilines is 1. The number of benzene rings is 1. The van der Waals surface area contributed by atoms with Crippen molar-refractivity contribution in [3.63, 3.8) is 0 Å². The molecule has 1 saturated heterocycles. The zero-order valence-corrected chi connectivity index (χ0v) is 11.9. The number of aryl methyl sites for hydroxylation is 1. The van der Waals surface area contributed by atoms with Gasteiger partial charge in [-0.05, 0) is 68.0 Å². The molecule has 1 aromatic carbocycles. The van der Waals surface area contributed by atoms with Gasteiger partial charge < -0.3 is 10.6 Å². The molecule has 0 aliphatic carbocycles. The van der Waals surface area contributed by atoms with Crippen molar-refractivity contribution in [3.8, 4) is 0 Å². The predicted molar refractivity (Wildman–Crippen MR) is 78.6 cm³/mol. The summed E-state index contributed by atoms with van der Waals surface area (Å²) in [5, 5.41) is 0. The minimum absolute atomic E-state index is 0.721. The van der Waals surface area contributed by atoms with Crippen molar-refractivity contribution in [2.24, 2.45) is 0 Å². The third-order valence-electron chi connectivity index (χ3n) is 3.86. The summed E-state index contributed by atoms with van der Waals surface area (Å²) >= 11 is 0. The van der Waals surface area contributed by atoms with Crippen LogP contribution in [0.25, 0.3) is 0 Å². The van der Waals surface area contributed by atoms with Crippen molar-refractivity contribution >= 4 is 5.69 Å². The molecule has 1 heterocycles. The van der Waals surface area contributed by atoms with Crippen LogP contribution < -0.4 is 5.73 Å². The molecule has 0 bridgehead atoms. The van der Waals surface area contributed by atoms with Crippen LogP contribution in [0.5, 0.6) is 0 Å². The molecule has 2 rings (SSSR count). The molecule has 0 amide bonds. The number of hydrogen-bond donors (Lipinski definition) is 1. The predicted octanol–water partition coefficient (Wildman–Crippen LogP) is 3.37. The molecular weight excluding hydrogens is 220 g/mol. The molecule has 1 aromatic rings. The van der Waals surface area contributed by atoms with E-state index in [2.05, 4.69) is 37.8 Å². The lowest BCUT2D eigenvalue weighted by atomic mass is 9.86. The van der Waals surface area contributed by atoms with Gasteiger partial charge in [0, 0.05) is 12.2 Å². The van der Waals surface area contributed by atoms with Gasteiger partial charge in [-0.1, -0.05) is 19.9 Å². The quantitative estimate of drug-likeness (QED) is 0.827. The zero-order chi connectivity index (χ0) is 13.1. The van der Waals surface area contributed by atoms with Crippen molar-refractivity contribution in [2.45, 2.75) is 39.5 Å². The van der Waals surface area contributed by atoms with Crippen LogP contribution in [0.1, 0.15) is 43.7 Å². The van der Waals surface area contributed by atoms with E-state index in [4.69, 9.17) is 5.73 Å². The van der Waals surface area contributed by atoms with Gasteiger partial charge >= 0.3 is 0 Å². The fourth-order valence-electron chi connectivity index (χ4n) is 3.01. The summed E-state index contributed by atoms with van der Waals surface area (Å²) in [7, 11) is 0. The Balaban J connectivity index is 1.97. The number of piperidine rings is 1. The second-order valence-electron chi connectivity index (χ2n) is 5.87. The monoisotopic (exact) mass is 245 g/mol. The highest BCUT2D eigenvalue weighted by Gasteiger charge is 2.21. The van der Waals surface area contributed by atoms with Gasteiger partial charge in [0.25, 0.3) is 0 Å². The fourth-order valence-corrected chi connectivity index (χ4v) is 3.01. The normalized spacial score (nSPS) is 18.4. The number of nitrogens with zero attached hydrogens (tertiary/aromatic N) is 1. The maximum atomic E-state index is 5.82. The Bertz CT molecular complexity index is 390. The Morgan fingerprint density at radius 2 is 1.94 bits per heavy atom. The molecule has 0 aromatic heterocycles. The van der Waals surface area contributed by atoms with Crippen LogP contribution in [0.4, 0.5) is 5.69 Å². The Hall–Kier alpha value is -1.02. The zero-order valence-electron chi connectivity index (χ0n) is 11.9. The van der Waals surface area contributed by atoms with Gasteiger partial charge in [-0.2, -0.15) is 0 Å². The molecule has 1 aliphatic heterocycles. The number of nitrogen functional groups attached to an aromatic ring is 1. The van der Waals surface area contributed by atoms with E-state index in [1.54, 1.807) is 0 Å². The molecule has 2 nitrogen and oxygen atoms in total. The van der Waals surface area contributed by atoms with Crippen molar-refractivity contribution in [1.82, 2.24) is 4.90 Å². The third-order valence-corrected chi connectivity index (χ3v) is 3.86. The average Bonchev–Trinajstić information content (AvgIpc) is 2.30. The first-order valence-electron chi connectivity index (χ1n) is 6.93. The number of likely N-dealkylation sites (tertiary alicyclic amines) is 1. The molecule has 2 heteroatoms. The first-order chi connectivity index (χ1) is 8.56. The van der Waals surface area contributed by atoms with Gasteiger partial charge in [-0.3, -0.25) is 0 Å². The van der Waals surface area contributed by atoms with Crippen LogP contribution in [0.15, 0.2) is 18.2 Å². The van der Waals surface area contributed by atoms with Crippen LogP contribution in [-0.4, -0.2) is 24.5 Å². The van der Waals surface area contributed by atoms with E-state index < -0.39 is 0 Å². The highest BCUT2D eigenvalue weighted by atomic mass is 15.1. The van der Waals surface area contributed by atoms with Gasteiger partial charge in [-0.25, -0.2) is 0 Å². The minimum Gasteiger partial charge on any atom is -0.399 e. The van der Waals surface area contributed by atoms with Crippen LogP contribution in [0, 0.1) is 12.8 Å². The standard InChI is InChI=1S/C16H25N2/c1-12(2)11-18-8-6-14(7-9-18)16-5-4-15(17)10-13(16)3/h4-5,10,14H,6-9,11,17H2,1-3H3. The number of rotatable bonds is 3. The Morgan fingerprint density at radius 3 is 2.50 bits per heavy atom. The lowest BCUT2D eigenvalue weighted by Gasteiger charge is -2.33. The molecular formula is C16H25N2. The Morgan fingerprint density at radius 1 is 1.28 bits per heavy atom. The van der Waals surface area contributed by atoms with E-state index in [1.807, 2.05) is 6.07 Å². The second kappa shape index (κ2) is 5.75. The molecule has 2 N–H and O–H groups in total. The van der Waals surface area contributed by atoms with Gasteiger partial charge in [-0.15, -0.1) is 0 Å². The summed E-state index contributed by atoms with van der Waals surface area (Å²) in [6.45, 7) is 10.2. The molecule has 0 unspecified atom stereocenters. The van der Waals surface area contributed by atoms with Crippen molar-refractivity contribution in [3.05, 3.63) is 35.2 Å². The van der Waals surface area contributed by atoms with Gasteiger partial charge in [0.1, 0.15) is 0 Å². The average molecular weight is 245 g/mol. The molecule has 1 radical (unpaired) electrons. The van der Waals surface area contributed by atoms with Crippen molar-refractivity contribution in [2.75, 3.05) is 25.4 Å². The number of hydrogen-bond acceptors (Lipinski definition) is 2. The molecule has 0 atom stereocenters. The first kappa shape index (κ1) is 13.4. The number of nitrogens with two attached hydrogens (primary N) is 1. The summed E-state index contributed by atoms with van der Waals surface area (Å²) in [6.07, 6.45) is 2.55. The molecule has 99 valence electrons. The Kier molecular flexibility index (Phi) is 4.28. The van der Waals surface area contributed by atoms with E-state index in [0.29, 0.717) is 0 Å². The maximum Gasteiger partial charge on any atom is 0.0316 e. The van der Waals surface area contributed by atoms with E-state index in [1.165, 1.54) is 43.0 Å². The van der Waals surface area contributed by atoms with Crippen LogP contribution in [0.3, 0.4) is 0 Å². The summed E-state index contributed by atoms with van der Waals surface area (Å²) in [5.41, 5.74) is 9.56. The minimum atomic E-state index is 0.721. The van der Waals surface area contributed by atoms with Gasteiger partial charge in [0.2, 0.25) is 0 Å². The highest BCUT2D eigenvalue weighted by Crippen LogP contribution is 2.31. The van der Waals surface area contributed by atoms with Crippen LogP contribution in [0.2, 0.25) is 0 Å². The van der Waals surface area contributed by atoms with Crippen LogP contribution in [-0.2, 0) is 0 Å². The van der Waals surface area contributed by atoms with E-state index in [-0.39, 0.29) is 0 Å². The molecule has 0 saturated carbocycles. The summed E-state index contributed by atoms with van der Waals surface area (Å²) in [5.74, 6) is 2.23. The largest absolute Gasteiger partial charge is 0.399 e. The van der Waals surface area contributed by atoms with Crippen LogP contribution >= 0.6 is 0 Å². The molecule has 1 aliphatic rings. The summed E-state index contributed by atoms with van der Waals surface area (Å²) < 4.78 is 0. The van der Waals surface area contributed by atoms with Gasteiger partial charge in [0.15, 0.2) is 0 Å². The van der Waals surface area contributed by atoms with Gasteiger partial charge in [0.05, 0.1) is 0 Å². The highest BCUT2D eigenvalue weighted by molar-refractivity contribution is 5.45. The maximum absolute atomic E-state index is 5.82. The van der Waals surface area contributed by atoms with E-state index in [0.717, 1.165) is 18.2 Å². The topological polar surface area (TPSA) is 29.3 Å². The fraction of sp³-hybridized carbons (Fsp3) is 0.562.